The summed E-state index contributed by atoms with van der Waals surface area (Å²) in [5.41, 5.74) is 1.74. The largest absolute Gasteiger partial charge is 0.465 e. The molecule has 1 aromatic heterocycles. The van der Waals surface area contributed by atoms with Crippen LogP contribution in [0, 0.1) is 11.3 Å². The third-order valence-corrected chi connectivity index (χ3v) is 3.61. The van der Waals surface area contributed by atoms with Crippen molar-refractivity contribution in [2.75, 3.05) is 12.9 Å². The number of fused-ring (bicyclic) bond motifs is 1. The number of benzene rings is 1. The van der Waals surface area contributed by atoms with E-state index in [1.807, 2.05) is 0 Å². The van der Waals surface area contributed by atoms with Crippen LogP contribution in [-0.2, 0) is 4.74 Å². The molecule has 0 atom stereocenters. The molecule has 1 heterocycles. The van der Waals surface area contributed by atoms with E-state index in [1.165, 1.54) is 18.9 Å². The van der Waals surface area contributed by atoms with Crippen LogP contribution in [0.15, 0.2) is 27.8 Å². The molecule has 0 bridgehead atoms. The lowest BCUT2D eigenvalue weighted by atomic mass is 10.2. The zero-order chi connectivity index (χ0) is 14.4. The van der Waals surface area contributed by atoms with E-state index in [0.29, 0.717) is 22.8 Å². The summed E-state index contributed by atoms with van der Waals surface area (Å²) in [4.78, 5) is 15.8. The first-order valence-corrected chi connectivity index (χ1v) is 7.22. The molecular weight excluding hydrogens is 276 g/mol. The Kier molecular flexibility index (Phi) is 5.02. The SMILES string of the molecule is COC(=O)c1ccc2nc(SCCCCC#N)oc2c1. The van der Waals surface area contributed by atoms with Crippen LogP contribution < -0.4 is 0 Å². The van der Waals surface area contributed by atoms with Gasteiger partial charge in [0.25, 0.3) is 5.22 Å². The minimum atomic E-state index is -0.394. The number of nitriles is 1. The lowest BCUT2D eigenvalue weighted by molar-refractivity contribution is 0.0601. The molecule has 0 amide bonds. The maximum absolute atomic E-state index is 11.4. The fraction of sp³-hybridized carbons (Fsp3) is 0.357. The smallest absolute Gasteiger partial charge is 0.337 e. The predicted molar refractivity (Wildman–Crippen MR) is 75.5 cm³/mol. The number of rotatable bonds is 6. The quantitative estimate of drug-likeness (QED) is 0.461. The fourth-order valence-electron chi connectivity index (χ4n) is 1.68. The van der Waals surface area contributed by atoms with Crippen molar-refractivity contribution in [2.24, 2.45) is 0 Å². The number of oxazole rings is 1. The van der Waals surface area contributed by atoms with Gasteiger partial charge in [-0.1, -0.05) is 11.8 Å². The zero-order valence-corrected chi connectivity index (χ0v) is 11.9. The molecule has 0 saturated carbocycles. The van der Waals surface area contributed by atoms with Crippen LogP contribution in [0.1, 0.15) is 29.6 Å². The van der Waals surface area contributed by atoms with E-state index >= 15 is 0 Å². The Morgan fingerprint density at radius 3 is 3.10 bits per heavy atom. The first kappa shape index (κ1) is 14.4. The molecule has 2 rings (SSSR count). The number of hydrogen-bond donors (Lipinski definition) is 0. The zero-order valence-electron chi connectivity index (χ0n) is 11.1. The van der Waals surface area contributed by atoms with Crippen molar-refractivity contribution in [3.8, 4) is 6.07 Å². The van der Waals surface area contributed by atoms with Gasteiger partial charge in [-0.2, -0.15) is 5.26 Å². The van der Waals surface area contributed by atoms with E-state index in [-0.39, 0.29) is 0 Å². The van der Waals surface area contributed by atoms with Gasteiger partial charge in [0.2, 0.25) is 0 Å². The highest BCUT2D eigenvalue weighted by Crippen LogP contribution is 2.25. The molecule has 0 spiro atoms. The normalized spacial score (nSPS) is 10.4. The topological polar surface area (TPSA) is 76.1 Å². The summed E-state index contributed by atoms with van der Waals surface area (Å²) in [5.74, 6) is 0.465. The van der Waals surface area contributed by atoms with Gasteiger partial charge in [-0.05, 0) is 31.0 Å². The Morgan fingerprint density at radius 1 is 1.50 bits per heavy atom. The van der Waals surface area contributed by atoms with Crippen molar-refractivity contribution in [2.45, 2.75) is 24.5 Å². The van der Waals surface area contributed by atoms with E-state index < -0.39 is 5.97 Å². The average Bonchev–Trinajstić information content (AvgIpc) is 2.87. The lowest BCUT2D eigenvalue weighted by Gasteiger charge is -1.96. The number of esters is 1. The number of nitrogens with zero attached hydrogens (tertiary/aromatic N) is 2. The van der Waals surface area contributed by atoms with Crippen molar-refractivity contribution in [1.29, 1.82) is 5.26 Å². The molecule has 0 radical (unpaired) electrons. The first-order chi connectivity index (χ1) is 9.74. The monoisotopic (exact) mass is 290 g/mol. The van der Waals surface area contributed by atoms with Crippen LogP contribution in [0.5, 0.6) is 0 Å². The minimum Gasteiger partial charge on any atom is -0.465 e. The second-order valence-corrected chi connectivity index (χ2v) is 5.16. The van der Waals surface area contributed by atoms with Gasteiger partial charge in [0.1, 0.15) is 5.52 Å². The molecular formula is C14H14N2O3S. The number of carbonyl (C=O) groups is 1. The Balaban J connectivity index is 2.02. The maximum Gasteiger partial charge on any atom is 0.337 e. The Labute approximate surface area is 120 Å². The van der Waals surface area contributed by atoms with Gasteiger partial charge in [0.15, 0.2) is 5.58 Å². The van der Waals surface area contributed by atoms with Crippen molar-refractivity contribution in [1.82, 2.24) is 4.98 Å². The van der Waals surface area contributed by atoms with E-state index in [4.69, 9.17) is 9.68 Å². The van der Waals surface area contributed by atoms with Crippen molar-refractivity contribution in [3.63, 3.8) is 0 Å². The van der Waals surface area contributed by atoms with E-state index in [2.05, 4.69) is 15.8 Å². The molecule has 0 aliphatic rings. The number of unbranched alkanes of at least 4 members (excludes halogenated alkanes) is 2. The number of methoxy groups -OCH3 is 1. The van der Waals surface area contributed by atoms with Gasteiger partial charge < -0.3 is 9.15 Å². The van der Waals surface area contributed by atoms with Crippen LogP contribution >= 0.6 is 11.8 Å². The van der Waals surface area contributed by atoms with Gasteiger partial charge in [0.05, 0.1) is 18.7 Å². The highest BCUT2D eigenvalue weighted by molar-refractivity contribution is 7.99. The molecule has 0 unspecified atom stereocenters. The second kappa shape index (κ2) is 6.96. The summed E-state index contributed by atoms with van der Waals surface area (Å²) in [6.45, 7) is 0. The highest BCUT2D eigenvalue weighted by Gasteiger charge is 2.11. The molecule has 5 nitrogen and oxygen atoms in total. The Morgan fingerprint density at radius 2 is 2.35 bits per heavy atom. The van der Waals surface area contributed by atoms with Crippen molar-refractivity contribution in [3.05, 3.63) is 23.8 Å². The number of hydrogen-bond acceptors (Lipinski definition) is 6. The molecule has 0 aliphatic heterocycles. The molecule has 0 fully saturated rings. The minimum absolute atomic E-state index is 0.394. The van der Waals surface area contributed by atoms with E-state index in [1.54, 1.807) is 18.2 Å². The Hall–Kier alpha value is -2.00. The molecule has 6 heteroatoms. The van der Waals surface area contributed by atoms with Gasteiger partial charge in [-0.3, -0.25) is 0 Å². The van der Waals surface area contributed by atoms with Crippen molar-refractivity contribution < 1.29 is 13.9 Å². The summed E-state index contributed by atoms with van der Waals surface area (Å²) < 4.78 is 10.3. The molecule has 104 valence electrons. The molecule has 0 aliphatic carbocycles. The van der Waals surface area contributed by atoms with Crippen LogP contribution in [0.3, 0.4) is 0 Å². The standard InChI is InChI=1S/C14H14N2O3S/c1-18-13(17)10-5-6-11-12(9-10)19-14(16-11)20-8-4-2-3-7-15/h5-6,9H,2-4,8H2,1H3. The predicted octanol–water partition coefficient (Wildman–Crippen LogP) is 3.40. The summed E-state index contributed by atoms with van der Waals surface area (Å²) in [7, 11) is 1.34. The van der Waals surface area contributed by atoms with Gasteiger partial charge >= 0.3 is 5.97 Å². The summed E-state index contributed by atoms with van der Waals surface area (Å²) in [5, 5.41) is 9.03. The number of aromatic nitrogens is 1. The number of carbonyl (C=O) groups excluding carboxylic acids is 1. The molecule has 2 aromatic rings. The average molecular weight is 290 g/mol. The van der Waals surface area contributed by atoms with Gasteiger partial charge in [0, 0.05) is 12.2 Å². The lowest BCUT2D eigenvalue weighted by Crippen LogP contribution is -2.00. The third-order valence-electron chi connectivity index (χ3n) is 2.70. The van der Waals surface area contributed by atoms with Crippen LogP contribution in [0.25, 0.3) is 11.1 Å². The van der Waals surface area contributed by atoms with Crippen LogP contribution in [0.4, 0.5) is 0 Å². The van der Waals surface area contributed by atoms with Crippen LogP contribution in [0.2, 0.25) is 0 Å². The summed E-state index contributed by atoms with van der Waals surface area (Å²) in [6, 6.07) is 7.16. The second-order valence-electron chi connectivity index (χ2n) is 4.12. The van der Waals surface area contributed by atoms with Crippen LogP contribution in [-0.4, -0.2) is 23.8 Å². The maximum atomic E-state index is 11.4. The summed E-state index contributed by atoms with van der Waals surface area (Å²) in [6.07, 6.45) is 2.41. The number of thioether (sulfide) groups is 1. The summed E-state index contributed by atoms with van der Waals surface area (Å²) >= 11 is 1.51. The number of ether oxygens (including phenoxy) is 1. The van der Waals surface area contributed by atoms with E-state index in [9.17, 15) is 4.79 Å². The van der Waals surface area contributed by atoms with E-state index in [0.717, 1.165) is 24.1 Å². The molecule has 20 heavy (non-hydrogen) atoms. The first-order valence-electron chi connectivity index (χ1n) is 6.23. The molecule has 1 aromatic carbocycles. The van der Waals surface area contributed by atoms with Crippen molar-refractivity contribution >= 4 is 28.8 Å². The molecule has 0 saturated heterocycles. The highest BCUT2D eigenvalue weighted by atomic mass is 32.2. The third kappa shape index (κ3) is 3.52. The Bertz CT molecular complexity index is 645. The van der Waals surface area contributed by atoms with Gasteiger partial charge in [-0.25, -0.2) is 9.78 Å². The van der Waals surface area contributed by atoms with Gasteiger partial charge in [-0.15, -0.1) is 0 Å². The molecule has 0 N–H and O–H groups in total. The fourth-order valence-corrected chi connectivity index (χ4v) is 2.51.